The summed E-state index contributed by atoms with van der Waals surface area (Å²) < 4.78 is 0.586. The molecule has 1 rings (SSSR count). The number of amides is 1. The van der Waals surface area contributed by atoms with E-state index >= 15 is 0 Å². The fraction of sp³-hybridized carbons (Fsp3) is 0.429. The quantitative estimate of drug-likeness (QED) is 0.921. The van der Waals surface area contributed by atoms with Crippen molar-refractivity contribution >= 4 is 27.8 Å². The second kappa shape index (κ2) is 6.19. The molecule has 0 heterocycles. The van der Waals surface area contributed by atoms with Gasteiger partial charge in [-0.25, -0.2) is 4.79 Å². The first-order chi connectivity index (χ1) is 8.73. The number of carbonyl (C=O) groups is 2. The van der Waals surface area contributed by atoms with E-state index in [1.54, 1.807) is 11.0 Å². The Morgan fingerprint density at radius 2 is 1.53 bits per heavy atom. The van der Waals surface area contributed by atoms with Crippen LogP contribution in [0, 0.1) is 0 Å². The number of carboxylic acids is 1. The van der Waals surface area contributed by atoms with Gasteiger partial charge in [0.05, 0.1) is 5.56 Å². The van der Waals surface area contributed by atoms with Gasteiger partial charge >= 0.3 is 5.97 Å². The summed E-state index contributed by atoms with van der Waals surface area (Å²) in [6, 6.07) is 4.65. The Morgan fingerprint density at radius 3 is 1.95 bits per heavy atom. The zero-order valence-corrected chi connectivity index (χ0v) is 13.1. The van der Waals surface area contributed by atoms with Crippen LogP contribution in [-0.4, -0.2) is 34.0 Å². The summed E-state index contributed by atoms with van der Waals surface area (Å²) in [5.41, 5.74) is 0.486. The maximum atomic E-state index is 12.5. The van der Waals surface area contributed by atoms with E-state index in [1.165, 1.54) is 12.1 Å². The summed E-state index contributed by atoms with van der Waals surface area (Å²) in [5, 5.41) is 9.03. The number of hydrogen-bond acceptors (Lipinski definition) is 2. The number of nitrogens with zero attached hydrogens (tertiary/aromatic N) is 1. The highest BCUT2D eigenvalue weighted by molar-refractivity contribution is 9.10. The van der Waals surface area contributed by atoms with Crippen LogP contribution >= 0.6 is 15.9 Å². The Kier molecular flexibility index (Phi) is 5.11. The Morgan fingerprint density at radius 1 is 1.05 bits per heavy atom. The number of hydrogen-bond donors (Lipinski definition) is 1. The van der Waals surface area contributed by atoms with Crippen molar-refractivity contribution in [2.45, 2.75) is 39.8 Å². The molecule has 0 saturated heterocycles. The Balaban J connectivity index is 3.21. The van der Waals surface area contributed by atoms with Crippen molar-refractivity contribution in [1.82, 2.24) is 4.90 Å². The standard InChI is InChI=1S/C14H18BrNO3/c1-8(2)16(9(3)4)13(17)10-5-11(14(18)19)7-12(15)6-10/h5-9H,1-4H3,(H,18,19). The molecule has 0 saturated carbocycles. The molecule has 0 radical (unpaired) electrons. The van der Waals surface area contributed by atoms with Crippen LogP contribution in [0.1, 0.15) is 48.4 Å². The molecule has 0 fully saturated rings. The highest BCUT2D eigenvalue weighted by atomic mass is 79.9. The van der Waals surface area contributed by atoms with Crippen LogP contribution in [0.3, 0.4) is 0 Å². The zero-order valence-electron chi connectivity index (χ0n) is 11.5. The molecular weight excluding hydrogens is 310 g/mol. The molecule has 1 aromatic rings. The largest absolute Gasteiger partial charge is 0.478 e. The topological polar surface area (TPSA) is 57.6 Å². The van der Waals surface area contributed by atoms with Crippen molar-refractivity contribution in [2.24, 2.45) is 0 Å². The fourth-order valence-electron chi connectivity index (χ4n) is 2.05. The number of rotatable bonds is 4. The van der Waals surface area contributed by atoms with E-state index in [0.29, 0.717) is 10.0 Å². The van der Waals surface area contributed by atoms with E-state index in [-0.39, 0.29) is 23.6 Å². The van der Waals surface area contributed by atoms with Gasteiger partial charge in [-0.3, -0.25) is 4.79 Å². The van der Waals surface area contributed by atoms with Gasteiger partial charge in [0.15, 0.2) is 0 Å². The van der Waals surface area contributed by atoms with Crippen LogP contribution in [-0.2, 0) is 0 Å². The van der Waals surface area contributed by atoms with E-state index in [1.807, 2.05) is 27.7 Å². The number of halogens is 1. The first-order valence-electron chi connectivity index (χ1n) is 6.10. The van der Waals surface area contributed by atoms with Gasteiger partial charge in [-0.1, -0.05) is 15.9 Å². The molecular formula is C14H18BrNO3. The van der Waals surface area contributed by atoms with Crippen molar-refractivity contribution in [2.75, 3.05) is 0 Å². The van der Waals surface area contributed by atoms with E-state index < -0.39 is 5.97 Å². The molecule has 1 amide bonds. The van der Waals surface area contributed by atoms with Gasteiger partial charge in [0.1, 0.15) is 0 Å². The van der Waals surface area contributed by atoms with E-state index in [2.05, 4.69) is 15.9 Å². The van der Waals surface area contributed by atoms with Crippen LogP contribution in [0.15, 0.2) is 22.7 Å². The molecule has 0 spiro atoms. The van der Waals surface area contributed by atoms with Crippen molar-refractivity contribution in [3.8, 4) is 0 Å². The molecule has 0 aliphatic heterocycles. The maximum Gasteiger partial charge on any atom is 0.335 e. The summed E-state index contributed by atoms with van der Waals surface area (Å²) >= 11 is 3.24. The molecule has 19 heavy (non-hydrogen) atoms. The summed E-state index contributed by atoms with van der Waals surface area (Å²) in [7, 11) is 0. The number of carboxylic acid groups (broad SMARTS) is 1. The van der Waals surface area contributed by atoms with Crippen LogP contribution in [0.4, 0.5) is 0 Å². The van der Waals surface area contributed by atoms with Crippen LogP contribution in [0.25, 0.3) is 0 Å². The van der Waals surface area contributed by atoms with Crippen molar-refractivity contribution < 1.29 is 14.7 Å². The molecule has 4 nitrogen and oxygen atoms in total. The van der Waals surface area contributed by atoms with Crippen molar-refractivity contribution in [3.63, 3.8) is 0 Å². The highest BCUT2D eigenvalue weighted by Gasteiger charge is 2.22. The molecule has 5 heteroatoms. The SMILES string of the molecule is CC(C)N(C(=O)c1cc(Br)cc(C(=O)O)c1)C(C)C. The lowest BCUT2D eigenvalue weighted by Gasteiger charge is -2.31. The smallest absolute Gasteiger partial charge is 0.335 e. The predicted octanol–water partition coefficient (Wildman–Crippen LogP) is 3.41. The minimum atomic E-state index is -1.05. The summed E-state index contributed by atoms with van der Waals surface area (Å²) in [6.07, 6.45) is 0. The lowest BCUT2D eigenvalue weighted by Crippen LogP contribution is -2.42. The third kappa shape index (κ3) is 3.80. The normalized spacial score (nSPS) is 10.9. The van der Waals surface area contributed by atoms with Gasteiger partial charge in [0.2, 0.25) is 0 Å². The Labute approximate surface area is 121 Å². The van der Waals surface area contributed by atoms with Gasteiger partial charge in [-0.15, -0.1) is 0 Å². The average molecular weight is 328 g/mol. The van der Waals surface area contributed by atoms with E-state index in [9.17, 15) is 9.59 Å². The van der Waals surface area contributed by atoms with Crippen LogP contribution in [0.2, 0.25) is 0 Å². The zero-order chi connectivity index (χ0) is 14.7. The minimum absolute atomic E-state index is 0.0553. The van der Waals surface area contributed by atoms with Gasteiger partial charge in [0, 0.05) is 22.1 Å². The first-order valence-corrected chi connectivity index (χ1v) is 6.90. The van der Waals surface area contributed by atoms with Crippen LogP contribution in [0.5, 0.6) is 0 Å². The van der Waals surface area contributed by atoms with E-state index in [4.69, 9.17) is 5.11 Å². The third-order valence-electron chi connectivity index (χ3n) is 2.74. The second-order valence-electron chi connectivity index (χ2n) is 4.93. The molecule has 0 bridgehead atoms. The van der Waals surface area contributed by atoms with Crippen molar-refractivity contribution in [3.05, 3.63) is 33.8 Å². The molecule has 1 N–H and O–H groups in total. The summed E-state index contributed by atoms with van der Waals surface area (Å²) in [6.45, 7) is 7.75. The van der Waals surface area contributed by atoms with Gasteiger partial charge in [-0.05, 0) is 45.9 Å². The predicted molar refractivity (Wildman–Crippen MR) is 77.5 cm³/mol. The number of aromatic carboxylic acids is 1. The number of benzene rings is 1. The molecule has 104 valence electrons. The first kappa shape index (κ1) is 15.7. The minimum Gasteiger partial charge on any atom is -0.478 e. The fourth-order valence-corrected chi connectivity index (χ4v) is 2.54. The third-order valence-corrected chi connectivity index (χ3v) is 3.20. The summed E-state index contributed by atoms with van der Waals surface area (Å²) in [5.74, 6) is -1.20. The number of carbonyl (C=O) groups excluding carboxylic acids is 1. The van der Waals surface area contributed by atoms with Gasteiger partial charge < -0.3 is 10.0 Å². The molecule has 0 aromatic heterocycles. The molecule has 1 aromatic carbocycles. The molecule has 0 aliphatic rings. The average Bonchev–Trinajstić information content (AvgIpc) is 2.26. The molecule has 0 aliphatic carbocycles. The second-order valence-corrected chi connectivity index (χ2v) is 5.85. The van der Waals surface area contributed by atoms with E-state index in [0.717, 1.165) is 0 Å². The maximum absolute atomic E-state index is 12.5. The monoisotopic (exact) mass is 327 g/mol. The lowest BCUT2D eigenvalue weighted by atomic mass is 10.1. The van der Waals surface area contributed by atoms with Crippen LogP contribution < -0.4 is 0 Å². The van der Waals surface area contributed by atoms with Gasteiger partial charge in [-0.2, -0.15) is 0 Å². The Bertz CT molecular complexity index is 489. The van der Waals surface area contributed by atoms with Gasteiger partial charge in [0.25, 0.3) is 5.91 Å². The molecule has 0 unspecified atom stereocenters. The Hall–Kier alpha value is -1.36. The molecule has 0 atom stereocenters. The highest BCUT2D eigenvalue weighted by Crippen LogP contribution is 2.19. The van der Waals surface area contributed by atoms with Crippen molar-refractivity contribution in [1.29, 1.82) is 0 Å². The lowest BCUT2D eigenvalue weighted by molar-refractivity contribution is 0.0643. The summed E-state index contributed by atoms with van der Waals surface area (Å²) in [4.78, 5) is 25.2.